The maximum absolute atomic E-state index is 12.8. The van der Waals surface area contributed by atoms with Crippen molar-refractivity contribution in [2.45, 2.75) is 45.4 Å². The van der Waals surface area contributed by atoms with Crippen LogP contribution in [0, 0.1) is 5.92 Å². The summed E-state index contributed by atoms with van der Waals surface area (Å²) in [6.45, 7) is 6.93. The number of benzene rings is 1. The quantitative estimate of drug-likeness (QED) is 0.875. The van der Waals surface area contributed by atoms with Gasteiger partial charge in [0, 0.05) is 19.8 Å². The zero-order valence-corrected chi connectivity index (χ0v) is 13.4. The molecule has 3 atom stereocenters. The first-order valence-corrected chi connectivity index (χ1v) is 7.68. The minimum atomic E-state index is -0.111. The Kier molecular flexibility index (Phi) is 5.37. The lowest BCUT2D eigenvalue weighted by Crippen LogP contribution is -2.39. The SMILES string of the molecule is COCCC(C)N1C(=O)C(C(C)C)NC1c1ccccc1. The Balaban J connectivity index is 2.25. The lowest BCUT2D eigenvalue weighted by molar-refractivity contribution is -0.133. The van der Waals surface area contributed by atoms with Crippen LogP contribution in [-0.4, -0.2) is 36.6 Å². The minimum absolute atomic E-state index is 0.0436. The van der Waals surface area contributed by atoms with Crippen molar-refractivity contribution in [1.82, 2.24) is 10.2 Å². The topological polar surface area (TPSA) is 41.6 Å². The molecule has 1 aromatic rings. The van der Waals surface area contributed by atoms with Crippen LogP contribution in [0.5, 0.6) is 0 Å². The molecule has 1 fully saturated rings. The molecule has 2 rings (SSSR count). The first-order valence-electron chi connectivity index (χ1n) is 7.68. The molecule has 1 heterocycles. The summed E-state index contributed by atoms with van der Waals surface area (Å²) in [5, 5.41) is 3.50. The molecule has 0 spiro atoms. The lowest BCUT2D eigenvalue weighted by atomic mass is 10.0. The third-order valence-electron chi connectivity index (χ3n) is 4.13. The summed E-state index contributed by atoms with van der Waals surface area (Å²) < 4.78 is 5.16. The second-order valence-electron chi connectivity index (χ2n) is 6.08. The van der Waals surface area contributed by atoms with Gasteiger partial charge in [-0.15, -0.1) is 0 Å². The van der Waals surface area contributed by atoms with Gasteiger partial charge in [0.1, 0.15) is 6.17 Å². The summed E-state index contributed by atoms with van der Waals surface area (Å²) in [4.78, 5) is 14.7. The van der Waals surface area contributed by atoms with Crippen molar-refractivity contribution in [1.29, 1.82) is 0 Å². The van der Waals surface area contributed by atoms with Crippen molar-refractivity contribution in [2.75, 3.05) is 13.7 Å². The first kappa shape index (κ1) is 16.0. The molecule has 1 amide bonds. The van der Waals surface area contributed by atoms with E-state index in [1.165, 1.54) is 0 Å². The Bertz CT molecular complexity index is 461. The van der Waals surface area contributed by atoms with E-state index in [1.54, 1.807) is 7.11 Å². The number of amides is 1. The molecule has 1 aliphatic heterocycles. The standard InChI is InChI=1S/C17H26N2O2/c1-12(2)15-17(20)19(13(3)10-11-21-4)16(18-15)14-8-6-5-7-9-14/h5-9,12-13,15-16,18H,10-11H2,1-4H3. The number of ether oxygens (including phenoxy) is 1. The van der Waals surface area contributed by atoms with Gasteiger partial charge in [-0.2, -0.15) is 0 Å². The van der Waals surface area contributed by atoms with Crippen LogP contribution in [0.25, 0.3) is 0 Å². The van der Waals surface area contributed by atoms with E-state index in [-0.39, 0.29) is 30.1 Å². The number of carbonyl (C=O) groups is 1. The molecule has 4 nitrogen and oxygen atoms in total. The molecule has 0 saturated carbocycles. The zero-order chi connectivity index (χ0) is 15.4. The third-order valence-corrected chi connectivity index (χ3v) is 4.13. The van der Waals surface area contributed by atoms with Gasteiger partial charge in [0.2, 0.25) is 5.91 Å². The number of nitrogens with zero attached hydrogens (tertiary/aromatic N) is 1. The summed E-state index contributed by atoms with van der Waals surface area (Å²) in [6.07, 6.45) is 0.802. The van der Waals surface area contributed by atoms with E-state index in [0.29, 0.717) is 6.61 Å². The highest BCUT2D eigenvalue weighted by atomic mass is 16.5. The van der Waals surface area contributed by atoms with Crippen LogP contribution < -0.4 is 5.32 Å². The highest BCUT2D eigenvalue weighted by molar-refractivity contribution is 5.85. The fourth-order valence-electron chi connectivity index (χ4n) is 2.88. The van der Waals surface area contributed by atoms with Crippen molar-refractivity contribution < 1.29 is 9.53 Å². The summed E-state index contributed by atoms with van der Waals surface area (Å²) in [5.74, 6) is 0.478. The first-order chi connectivity index (χ1) is 10.1. The Labute approximate surface area is 127 Å². The maximum atomic E-state index is 12.8. The third kappa shape index (κ3) is 3.44. The predicted octanol–water partition coefficient (Wildman–Crippen LogP) is 2.57. The summed E-state index contributed by atoms with van der Waals surface area (Å²) in [5.41, 5.74) is 1.14. The highest BCUT2D eigenvalue weighted by Gasteiger charge is 2.42. The van der Waals surface area contributed by atoms with Crippen LogP contribution in [0.15, 0.2) is 30.3 Å². The number of hydrogen-bond donors (Lipinski definition) is 1. The van der Waals surface area contributed by atoms with Crippen LogP contribution >= 0.6 is 0 Å². The molecule has 0 bridgehead atoms. The van der Waals surface area contributed by atoms with Crippen LogP contribution in [-0.2, 0) is 9.53 Å². The molecule has 1 N–H and O–H groups in total. The molecule has 0 radical (unpaired) electrons. The van der Waals surface area contributed by atoms with Crippen molar-refractivity contribution in [3.05, 3.63) is 35.9 Å². The Morgan fingerprint density at radius 2 is 1.90 bits per heavy atom. The normalized spacial score (nSPS) is 23.9. The number of nitrogens with one attached hydrogen (secondary N) is 1. The van der Waals surface area contributed by atoms with Crippen LogP contribution in [0.2, 0.25) is 0 Å². The highest BCUT2D eigenvalue weighted by Crippen LogP contribution is 2.30. The van der Waals surface area contributed by atoms with Gasteiger partial charge in [-0.1, -0.05) is 44.2 Å². The molecule has 1 aliphatic rings. The molecule has 3 unspecified atom stereocenters. The van der Waals surface area contributed by atoms with Gasteiger partial charge in [0.05, 0.1) is 6.04 Å². The lowest BCUT2D eigenvalue weighted by Gasteiger charge is -2.30. The van der Waals surface area contributed by atoms with Gasteiger partial charge in [-0.3, -0.25) is 10.1 Å². The second kappa shape index (κ2) is 7.05. The molecule has 4 heteroatoms. The van der Waals surface area contributed by atoms with E-state index in [0.717, 1.165) is 12.0 Å². The van der Waals surface area contributed by atoms with E-state index >= 15 is 0 Å². The van der Waals surface area contributed by atoms with E-state index in [1.807, 2.05) is 23.1 Å². The van der Waals surface area contributed by atoms with E-state index in [4.69, 9.17) is 4.74 Å². The van der Waals surface area contributed by atoms with Gasteiger partial charge in [0.15, 0.2) is 0 Å². The largest absolute Gasteiger partial charge is 0.385 e. The van der Waals surface area contributed by atoms with Crippen LogP contribution in [0.1, 0.15) is 38.9 Å². The van der Waals surface area contributed by atoms with Gasteiger partial charge in [-0.05, 0) is 24.8 Å². The van der Waals surface area contributed by atoms with Crippen LogP contribution in [0.4, 0.5) is 0 Å². The van der Waals surface area contributed by atoms with Gasteiger partial charge >= 0.3 is 0 Å². The fourth-order valence-corrected chi connectivity index (χ4v) is 2.88. The monoisotopic (exact) mass is 290 g/mol. The zero-order valence-electron chi connectivity index (χ0n) is 13.4. The summed E-state index contributed by atoms with van der Waals surface area (Å²) in [6, 6.07) is 10.2. The molecule has 1 aromatic carbocycles. The second-order valence-corrected chi connectivity index (χ2v) is 6.08. The predicted molar refractivity (Wildman–Crippen MR) is 83.7 cm³/mol. The van der Waals surface area contributed by atoms with E-state index in [9.17, 15) is 4.79 Å². The Hall–Kier alpha value is -1.39. The molecule has 0 aliphatic carbocycles. The number of hydrogen-bond acceptors (Lipinski definition) is 3. The smallest absolute Gasteiger partial charge is 0.241 e. The van der Waals surface area contributed by atoms with Crippen molar-refractivity contribution in [2.24, 2.45) is 5.92 Å². The van der Waals surface area contributed by atoms with Crippen molar-refractivity contribution >= 4 is 5.91 Å². The average molecular weight is 290 g/mol. The van der Waals surface area contributed by atoms with Crippen LogP contribution in [0.3, 0.4) is 0 Å². The van der Waals surface area contributed by atoms with Crippen molar-refractivity contribution in [3.63, 3.8) is 0 Å². The molecule has 21 heavy (non-hydrogen) atoms. The van der Waals surface area contributed by atoms with Gasteiger partial charge in [0.25, 0.3) is 0 Å². The average Bonchev–Trinajstić information content (AvgIpc) is 2.83. The molecule has 1 saturated heterocycles. The van der Waals surface area contributed by atoms with E-state index < -0.39 is 0 Å². The number of rotatable bonds is 6. The van der Waals surface area contributed by atoms with Gasteiger partial charge < -0.3 is 9.64 Å². The molecular weight excluding hydrogens is 264 g/mol. The molecule has 0 aromatic heterocycles. The molecule has 116 valence electrons. The maximum Gasteiger partial charge on any atom is 0.241 e. The number of carbonyl (C=O) groups excluding carboxylic acids is 1. The Morgan fingerprint density at radius 1 is 1.24 bits per heavy atom. The van der Waals surface area contributed by atoms with E-state index in [2.05, 4.69) is 38.2 Å². The van der Waals surface area contributed by atoms with Crippen molar-refractivity contribution in [3.8, 4) is 0 Å². The number of methoxy groups -OCH3 is 1. The summed E-state index contributed by atoms with van der Waals surface area (Å²) in [7, 11) is 1.70. The molecular formula is C17H26N2O2. The van der Waals surface area contributed by atoms with Gasteiger partial charge in [-0.25, -0.2) is 0 Å². The Morgan fingerprint density at radius 3 is 2.48 bits per heavy atom. The summed E-state index contributed by atoms with van der Waals surface area (Å²) >= 11 is 0. The minimum Gasteiger partial charge on any atom is -0.385 e. The fraction of sp³-hybridized carbons (Fsp3) is 0.588.